The highest BCUT2D eigenvalue weighted by molar-refractivity contribution is 5.87. The van der Waals surface area contributed by atoms with Gasteiger partial charge < -0.3 is 9.32 Å². The number of oxazole rings is 1. The Morgan fingerprint density at radius 2 is 2.14 bits per heavy atom. The summed E-state index contributed by atoms with van der Waals surface area (Å²) < 4.78 is 5.38. The number of amides is 2. The Labute approximate surface area is 124 Å². The lowest BCUT2D eigenvalue weighted by atomic mass is 10.3. The Kier molecular flexibility index (Phi) is 4.57. The summed E-state index contributed by atoms with van der Waals surface area (Å²) in [5.41, 5.74) is 1.60. The van der Waals surface area contributed by atoms with Crippen LogP contribution >= 0.6 is 0 Å². The Hall–Kier alpha value is -2.37. The van der Waals surface area contributed by atoms with Crippen LogP contribution in [0.5, 0.6) is 0 Å². The number of urea groups is 1. The van der Waals surface area contributed by atoms with E-state index >= 15 is 0 Å². The fraction of sp³-hybridized carbons (Fsp3) is 0.400. The molecule has 2 aromatic rings. The van der Waals surface area contributed by atoms with Crippen LogP contribution in [0.3, 0.4) is 0 Å². The van der Waals surface area contributed by atoms with Gasteiger partial charge in [-0.05, 0) is 39.8 Å². The summed E-state index contributed by atoms with van der Waals surface area (Å²) in [5.74, 6) is 0.700. The molecular formula is C15H20N4O2. The lowest BCUT2D eigenvalue weighted by Gasteiger charge is -2.25. The summed E-state index contributed by atoms with van der Waals surface area (Å²) in [6.07, 6.45) is 1.71. The van der Waals surface area contributed by atoms with Crippen molar-refractivity contribution >= 4 is 12.0 Å². The number of hydrogen-bond donors (Lipinski definition) is 1. The monoisotopic (exact) mass is 288 g/mol. The maximum atomic E-state index is 12.4. The molecule has 0 saturated heterocycles. The molecule has 6 heteroatoms. The van der Waals surface area contributed by atoms with Crippen LogP contribution in [0.1, 0.15) is 31.0 Å². The van der Waals surface area contributed by atoms with Crippen molar-refractivity contribution in [2.24, 2.45) is 0 Å². The minimum absolute atomic E-state index is 0.0316. The quantitative estimate of drug-likeness (QED) is 0.938. The molecule has 0 spiro atoms. The molecule has 0 aliphatic heterocycles. The molecular weight excluding hydrogens is 268 g/mol. The number of carbonyl (C=O) groups is 1. The second-order valence-electron chi connectivity index (χ2n) is 5.13. The van der Waals surface area contributed by atoms with E-state index < -0.39 is 0 Å². The number of nitrogens with zero attached hydrogens (tertiary/aromatic N) is 3. The number of carbonyl (C=O) groups excluding carboxylic acids is 1. The molecule has 2 amide bonds. The fourth-order valence-corrected chi connectivity index (χ4v) is 1.84. The van der Waals surface area contributed by atoms with Crippen LogP contribution in [0, 0.1) is 13.8 Å². The molecule has 0 bridgehead atoms. The van der Waals surface area contributed by atoms with Crippen LogP contribution in [-0.4, -0.2) is 26.9 Å². The van der Waals surface area contributed by atoms with Crippen molar-refractivity contribution in [1.82, 2.24) is 14.9 Å². The van der Waals surface area contributed by atoms with Gasteiger partial charge in [0.05, 0.1) is 17.9 Å². The second kappa shape index (κ2) is 6.39. The Bertz CT molecular complexity index is 588. The minimum Gasteiger partial charge on any atom is -0.428 e. The number of nitrogens with one attached hydrogen (secondary N) is 1. The number of anilines is 1. The van der Waals surface area contributed by atoms with Gasteiger partial charge in [0.1, 0.15) is 5.76 Å². The van der Waals surface area contributed by atoms with Gasteiger partial charge in [-0.1, -0.05) is 6.07 Å². The van der Waals surface area contributed by atoms with Crippen molar-refractivity contribution in [1.29, 1.82) is 0 Å². The summed E-state index contributed by atoms with van der Waals surface area (Å²) >= 11 is 0. The van der Waals surface area contributed by atoms with E-state index in [9.17, 15) is 4.79 Å². The van der Waals surface area contributed by atoms with Gasteiger partial charge in [0.15, 0.2) is 0 Å². The first kappa shape index (κ1) is 15.0. The zero-order valence-corrected chi connectivity index (χ0v) is 12.8. The van der Waals surface area contributed by atoms with Crippen molar-refractivity contribution in [3.63, 3.8) is 0 Å². The Balaban J connectivity index is 2.09. The van der Waals surface area contributed by atoms with Gasteiger partial charge in [-0.15, -0.1) is 0 Å². The Morgan fingerprint density at radius 1 is 1.38 bits per heavy atom. The van der Waals surface area contributed by atoms with Gasteiger partial charge in [0.25, 0.3) is 0 Å². The molecule has 0 saturated carbocycles. The highest BCUT2D eigenvalue weighted by Crippen LogP contribution is 2.15. The molecule has 0 unspecified atom stereocenters. The molecule has 2 heterocycles. The van der Waals surface area contributed by atoms with Gasteiger partial charge in [0, 0.05) is 12.2 Å². The van der Waals surface area contributed by atoms with Gasteiger partial charge in [-0.3, -0.25) is 10.3 Å². The summed E-state index contributed by atoms with van der Waals surface area (Å²) in [6, 6.07) is 5.64. The molecule has 2 rings (SSSR count). The first-order valence-electron chi connectivity index (χ1n) is 6.89. The van der Waals surface area contributed by atoms with E-state index in [1.54, 1.807) is 11.1 Å². The molecule has 6 nitrogen and oxygen atoms in total. The van der Waals surface area contributed by atoms with Crippen LogP contribution in [0.25, 0.3) is 0 Å². The van der Waals surface area contributed by atoms with Gasteiger partial charge in [-0.25, -0.2) is 4.79 Å². The first-order chi connectivity index (χ1) is 9.97. The van der Waals surface area contributed by atoms with Crippen molar-refractivity contribution in [3.05, 3.63) is 41.5 Å². The number of rotatable bonds is 4. The molecule has 0 fully saturated rings. The lowest BCUT2D eigenvalue weighted by molar-refractivity contribution is 0.192. The average molecular weight is 288 g/mol. The third kappa shape index (κ3) is 3.81. The number of aryl methyl sites for hydroxylation is 2. The minimum atomic E-state index is -0.253. The Morgan fingerprint density at radius 3 is 2.67 bits per heavy atom. The van der Waals surface area contributed by atoms with Crippen LogP contribution in [-0.2, 0) is 6.54 Å². The highest BCUT2D eigenvalue weighted by atomic mass is 16.4. The predicted octanol–water partition coefficient (Wildman–Crippen LogP) is 3.13. The second-order valence-corrected chi connectivity index (χ2v) is 5.13. The zero-order chi connectivity index (χ0) is 15.4. The molecule has 0 aliphatic carbocycles. The van der Waals surface area contributed by atoms with E-state index in [-0.39, 0.29) is 18.1 Å². The van der Waals surface area contributed by atoms with Crippen LogP contribution in [0.2, 0.25) is 0 Å². The molecule has 0 atom stereocenters. The maximum absolute atomic E-state index is 12.4. The van der Waals surface area contributed by atoms with Crippen LogP contribution in [0.15, 0.2) is 28.8 Å². The van der Waals surface area contributed by atoms with Crippen molar-refractivity contribution < 1.29 is 9.21 Å². The van der Waals surface area contributed by atoms with E-state index in [1.165, 1.54) is 0 Å². The van der Waals surface area contributed by atoms with Gasteiger partial charge in [-0.2, -0.15) is 4.98 Å². The van der Waals surface area contributed by atoms with E-state index in [4.69, 9.17) is 4.42 Å². The fourth-order valence-electron chi connectivity index (χ4n) is 1.84. The highest BCUT2D eigenvalue weighted by Gasteiger charge is 2.20. The predicted molar refractivity (Wildman–Crippen MR) is 79.9 cm³/mol. The lowest BCUT2D eigenvalue weighted by Crippen LogP contribution is -2.39. The molecule has 1 N–H and O–H groups in total. The van der Waals surface area contributed by atoms with Crippen molar-refractivity contribution in [3.8, 4) is 0 Å². The van der Waals surface area contributed by atoms with Crippen LogP contribution in [0.4, 0.5) is 10.8 Å². The third-order valence-electron chi connectivity index (χ3n) is 3.19. The molecule has 0 aromatic carbocycles. The summed E-state index contributed by atoms with van der Waals surface area (Å²) in [5, 5.41) is 2.69. The summed E-state index contributed by atoms with van der Waals surface area (Å²) in [7, 11) is 0. The standard InChI is InChI=1S/C15H20N4O2/c1-10(2)19(9-13-7-5-6-8-16-13)15(20)18-14-17-11(3)12(4)21-14/h5-8,10H,9H2,1-4H3,(H,17,18,20). The number of pyridine rings is 1. The first-order valence-corrected chi connectivity index (χ1v) is 6.89. The largest absolute Gasteiger partial charge is 0.428 e. The molecule has 2 aromatic heterocycles. The van der Waals surface area contributed by atoms with E-state index in [0.717, 1.165) is 11.4 Å². The molecule has 112 valence electrons. The van der Waals surface area contributed by atoms with Crippen LogP contribution < -0.4 is 5.32 Å². The maximum Gasteiger partial charge on any atom is 0.326 e. The van der Waals surface area contributed by atoms with E-state index in [1.807, 2.05) is 45.9 Å². The SMILES string of the molecule is Cc1nc(NC(=O)N(Cc2ccccn2)C(C)C)oc1C. The summed E-state index contributed by atoms with van der Waals surface area (Å²) in [6.45, 7) is 7.99. The summed E-state index contributed by atoms with van der Waals surface area (Å²) in [4.78, 5) is 22.4. The van der Waals surface area contributed by atoms with Crippen molar-refractivity contribution in [2.45, 2.75) is 40.3 Å². The van der Waals surface area contributed by atoms with E-state index in [0.29, 0.717) is 12.3 Å². The molecule has 21 heavy (non-hydrogen) atoms. The zero-order valence-electron chi connectivity index (χ0n) is 12.8. The molecule has 0 radical (unpaired) electrons. The smallest absolute Gasteiger partial charge is 0.326 e. The van der Waals surface area contributed by atoms with Gasteiger partial charge in [0.2, 0.25) is 0 Å². The van der Waals surface area contributed by atoms with E-state index in [2.05, 4.69) is 15.3 Å². The number of hydrogen-bond acceptors (Lipinski definition) is 4. The van der Waals surface area contributed by atoms with Gasteiger partial charge >= 0.3 is 12.0 Å². The average Bonchev–Trinajstić information content (AvgIpc) is 2.75. The number of aromatic nitrogens is 2. The van der Waals surface area contributed by atoms with Crippen molar-refractivity contribution in [2.75, 3.05) is 5.32 Å². The normalized spacial score (nSPS) is 10.7. The topological polar surface area (TPSA) is 71.3 Å². The molecule has 0 aliphatic rings. The third-order valence-corrected chi connectivity index (χ3v) is 3.19.